The lowest BCUT2D eigenvalue weighted by molar-refractivity contribution is -0.142. The Bertz CT molecular complexity index is 856. The Morgan fingerprint density at radius 2 is 1.53 bits per heavy atom. The summed E-state index contributed by atoms with van der Waals surface area (Å²) in [5, 5.41) is 16.8. The van der Waals surface area contributed by atoms with Gasteiger partial charge in [-0.1, -0.05) is 27.7 Å². The normalized spacial score (nSPS) is 14.7. The average Bonchev–Trinajstić information content (AvgIpc) is 3.23. The maximum atomic E-state index is 12.9. The smallest absolute Gasteiger partial charge is 0.326 e. The molecule has 0 aromatic carbocycles. The van der Waals surface area contributed by atoms with Gasteiger partial charge in [0.05, 0.1) is 18.8 Å². The number of carboxylic acid groups (broad SMARTS) is 1. The van der Waals surface area contributed by atoms with Crippen LogP contribution in [-0.2, 0) is 30.4 Å². The summed E-state index contributed by atoms with van der Waals surface area (Å²) in [5.74, 6) is -4.56. The molecule has 4 atom stereocenters. The SMILES string of the molecule is CC(C)CC(NC(=O)C(CC(N)=O)NC(=O)C(N)C(C)C)C(=O)NC(Cc1cnc[nH]1)C(=O)O. The van der Waals surface area contributed by atoms with Crippen molar-refractivity contribution >= 4 is 29.6 Å². The van der Waals surface area contributed by atoms with Gasteiger partial charge in [0, 0.05) is 18.3 Å². The Labute approximate surface area is 197 Å². The van der Waals surface area contributed by atoms with Gasteiger partial charge in [-0.3, -0.25) is 19.2 Å². The third-order valence-electron chi connectivity index (χ3n) is 4.99. The molecule has 0 bridgehead atoms. The molecule has 13 nitrogen and oxygen atoms in total. The van der Waals surface area contributed by atoms with Gasteiger partial charge < -0.3 is 37.5 Å². The van der Waals surface area contributed by atoms with Crippen LogP contribution < -0.4 is 27.4 Å². The molecule has 0 spiro atoms. The molecule has 4 unspecified atom stereocenters. The number of aromatic amines is 1. The van der Waals surface area contributed by atoms with Crippen molar-refractivity contribution in [2.75, 3.05) is 0 Å². The fraction of sp³-hybridized carbons (Fsp3) is 0.619. The number of carboxylic acids is 1. The highest BCUT2D eigenvalue weighted by Gasteiger charge is 2.32. The van der Waals surface area contributed by atoms with Crippen molar-refractivity contribution in [1.29, 1.82) is 0 Å². The van der Waals surface area contributed by atoms with Crippen molar-refractivity contribution in [3.63, 3.8) is 0 Å². The van der Waals surface area contributed by atoms with Gasteiger partial charge in [0.15, 0.2) is 0 Å². The Morgan fingerprint density at radius 3 is 2.00 bits per heavy atom. The summed E-state index contributed by atoms with van der Waals surface area (Å²) < 4.78 is 0. The minimum absolute atomic E-state index is 0.0448. The van der Waals surface area contributed by atoms with Gasteiger partial charge in [0.2, 0.25) is 23.6 Å². The maximum Gasteiger partial charge on any atom is 0.326 e. The van der Waals surface area contributed by atoms with Gasteiger partial charge in [0.1, 0.15) is 18.1 Å². The molecule has 0 fully saturated rings. The third kappa shape index (κ3) is 9.57. The van der Waals surface area contributed by atoms with Crippen LogP contribution in [0.25, 0.3) is 0 Å². The molecule has 0 aliphatic rings. The molecule has 190 valence electrons. The van der Waals surface area contributed by atoms with Crippen molar-refractivity contribution < 1.29 is 29.1 Å². The Hall–Kier alpha value is -3.48. The molecule has 0 aliphatic carbocycles. The van der Waals surface area contributed by atoms with E-state index in [4.69, 9.17) is 11.5 Å². The molecule has 9 N–H and O–H groups in total. The van der Waals surface area contributed by atoms with Crippen molar-refractivity contribution in [2.24, 2.45) is 23.3 Å². The summed E-state index contributed by atoms with van der Waals surface area (Å²) in [7, 11) is 0. The van der Waals surface area contributed by atoms with E-state index >= 15 is 0 Å². The van der Waals surface area contributed by atoms with E-state index in [1.54, 1.807) is 13.8 Å². The zero-order valence-corrected chi connectivity index (χ0v) is 19.8. The topological polar surface area (TPSA) is 222 Å². The van der Waals surface area contributed by atoms with E-state index in [2.05, 4.69) is 25.9 Å². The predicted molar refractivity (Wildman–Crippen MR) is 122 cm³/mol. The minimum Gasteiger partial charge on any atom is -0.480 e. The molecule has 1 aromatic heterocycles. The Morgan fingerprint density at radius 1 is 0.971 bits per heavy atom. The first-order chi connectivity index (χ1) is 15.8. The fourth-order valence-electron chi connectivity index (χ4n) is 3.05. The average molecular weight is 482 g/mol. The first kappa shape index (κ1) is 28.6. The number of aliphatic carboxylic acids is 1. The van der Waals surface area contributed by atoms with Crippen LogP contribution in [0.5, 0.6) is 0 Å². The van der Waals surface area contributed by atoms with E-state index in [-0.39, 0.29) is 24.7 Å². The van der Waals surface area contributed by atoms with E-state index in [0.717, 1.165) is 0 Å². The number of nitrogens with zero attached hydrogens (tertiary/aromatic N) is 1. The second-order valence-corrected chi connectivity index (χ2v) is 8.87. The quantitative estimate of drug-likeness (QED) is 0.163. The Kier molecular flexibility index (Phi) is 11.2. The standard InChI is InChI=1S/C21H35N7O6/c1-10(2)5-13(18(30)28-15(21(33)34)6-12-8-24-9-25-12)26-19(31)14(7-16(22)29)27-20(32)17(23)11(3)4/h8-11,13-15,17H,5-7,23H2,1-4H3,(H2,22,29)(H,24,25)(H,26,31)(H,27,32)(H,28,30)(H,33,34). The molecular formula is C21H35N7O6. The van der Waals surface area contributed by atoms with Crippen LogP contribution in [-0.4, -0.2) is 68.8 Å². The molecule has 4 amide bonds. The van der Waals surface area contributed by atoms with Gasteiger partial charge >= 0.3 is 5.97 Å². The van der Waals surface area contributed by atoms with Crippen molar-refractivity contribution in [3.05, 3.63) is 18.2 Å². The van der Waals surface area contributed by atoms with Crippen LogP contribution in [0.3, 0.4) is 0 Å². The highest BCUT2D eigenvalue weighted by Crippen LogP contribution is 2.08. The van der Waals surface area contributed by atoms with Gasteiger partial charge in [-0.25, -0.2) is 9.78 Å². The van der Waals surface area contributed by atoms with Crippen LogP contribution in [0.2, 0.25) is 0 Å². The largest absolute Gasteiger partial charge is 0.480 e. The zero-order chi connectivity index (χ0) is 26.0. The first-order valence-electron chi connectivity index (χ1n) is 11.0. The third-order valence-corrected chi connectivity index (χ3v) is 4.99. The van der Waals surface area contributed by atoms with E-state index in [0.29, 0.717) is 5.69 Å². The van der Waals surface area contributed by atoms with Gasteiger partial charge in [-0.2, -0.15) is 0 Å². The molecular weight excluding hydrogens is 446 g/mol. The number of carbonyl (C=O) groups is 5. The molecule has 0 radical (unpaired) electrons. The number of imidazole rings is 1. The predicted octanol–water partition coefficient (Wildman–Crippen LogP) is -1.60. The van der Waals surface area contributed by atoms with Crippen LogP contribution in [0.1, 0.15) is 46.2 Å². The lowest BCUT2D eigenvalue weighted by Gasteiger charge is -2.26. The number of rotatable bonds is 14. The van der Waals surface area contributed by atoms with Crippen LogP contribution >= 0.6 is 0 Å². The summed E-state index contributed by atoms with van der Waals surface area (Å²) >= 11 is 0. The van der Waals surface area contributed by atoms with Crippen molar-refractivity contribution in [3.8, 4) is 0 Å². The highest BCUT2D eigenvalue weighted by molar-refractivity contribution is 5.96. The number of hydrogen-bond acceptors (Lipinski definition) is 7. The van der Waals surface area contributed by atoms with Crippen LogP contribution in [0.15, 0.2) is 12.5 Å². The van der Waals surface area contributed by atoms with E-state index in [1.807, 2.05) is 13.8 Å². The van der Waals surface area contributed by atoms with E-state index in [1.165, 1.54) is 12.5 Å². The molecule has 1 heterocycles. The number of amides is 4. The van der Waals surface area contributed by atoms with Crippen LogP contribution in [0, 0.1) is 11.8 Å². The monoisotopic (exact) mass is 481 g/mol. The summed E-state index contributed by atoms with van der Waals surface area (Å²) in [6.45, 7) is 7.07. The van der Waals surface area contributed by atoms with Gasteiger partial charge in [-0.05, 0) is 18.3 Å². The molecule has 34 heavy (non-hydrogen) atoms. The van der Waals surface area contributed by atoms with Crippen molar-refractivity contribution in [1.82, 2.24) is 25.9 Å². The number of primary amides is 1. The number of carbonyl (C=O) groups excluding carboxylic acids is 4. The number of aromatic nitrogens is 2. The second-order valence-electron chi connectivity index (χ2n) is 8.87. The number of hydrogen-bond donors (Lipinski definition) is 7. The molecule has 13 heteroatoms. The molecule has 0 aliphatic heterocycles. The molecule has 0 saturated carbocycles. The summed E-state index contributed by atoms with van der Waals surface area (Å²) in [6, 6.07) is -4.67. The number of nitrogens with one attached hydrogen (secondary N) is 4. The number of H-pyrrole nitrogens is 1. The zero-order valence-electron chi connectivity index (χ0n) is 19.8. The first-order valence-corrected chi connectivity index (χ1v) is 11.0. The van der Waals surface area contributed by atoms with E-state index in [9.17, 15) is 29.1 Å². The fourth-order valence-corrected chi connectivity index (χ4v) is 3.05. The van der Waals surface area contributed by atoms with E-state index < -0.39 is 60.2 Å². The summed E-state index contributed by atoms with van der Waals surface area (Å²) in [4.78, 5) is 67.8. The lowest BCUT2D eigenvalue weighted by atomic mass is 10.0. The molecule has 0 saturated heterocycles. The van der Waals surface area contributed by atoms with Gasteiger partial charge in [0.25, 0.3) is 0 Å². The lowest BCUT2D eigenvalue weighted by Crippen LogP contribution is -2.58. The summed E-state index contributed by atoms with van der Waals surface area (Å²) in [5.41, 5.74) is 11.5. The molecule has 1 aromatic rings. The van der Waals surface area contributed by atoms with Crippen LogP contribution in [0.4, 0.5) is 0 Å². The second kappa shape index (κ2) is 13.3. The minimum atomic E-state index is -1.35. The molecule has 1 rings (SSSR count). The highest BCUT2D eigenvalue weighted by atomic mass is 16.4. The van der Waals surface area contributed by atoms with Crippen molar-refractivity contribution in [2.45, 2.75) is 71.1 Å². The Balaban J connectivity index is 2.99. The summed E-state index contributed by atoms with van der Waals surface area (Å²) in [6.07, 6.45) is 2.45. The maximum absolute atomic E-state index is 12.9. The van der Waals surface area contributed by atoms with Gasteiger partial charge in [-0.15, -0.1) is 0 Å². The number of nitrogens with two attached hydrogens (primary N) is 2.